The number of likely N-dealkylation sites (tertiary alicyclic amines) is 1. The molecule has 1 saturated heterocycles. The maximum Gasteiger partial charge on any atom is 0.225 e. The highest BCUT2D eigenvalue weighted by atomic mass is 16.2. The van der Waals surface area contributed by atoms with Crippen LogP contribution in [0.25, 0.3) is 0 Å². The number of rotatable bonds is 5. The third-order valence-corrected chi connectivity index (χ3v) is 6.43. The van der Waals surface area contributed by atoms with E-state index in [0.29, 0.717) is 12.5 Å². The molecule has 1 heterocycles. The number of hydrogen-bond donors (Lipinski definition) is 0. The first-order valence-corrected chi connectivity index (χ1v) is 10.7. The van der Waals surface area contributed by atoms with Crippen LogP contribution in [0.15, 0.2) is 30.3 Å². The second-order valence-electron chi connectivity index (χ2n) is 8.39. The molecule has 0 N–H and O–H groups in total. The van der Waals surface area contributed by atoms with E-state index in [1.54, 1.807) is 0 Å². The van der Waals surface area contributed by atoms with Gasteiger partial charge in [-0.05, 0) is 56.9 Å². The lowest BCUT2D eigenvalue weighted by Crippen LogP contribution is -2.43. The summed E-state index contributed by atoms with van der Waals surface area (Å²) in [7, 11) is 0. The summed E-state index contributed by atoms with van der Waals surface area (Å²) in [5, 5.41) is 0. The number of benzene rings is 1. The molecular weight excluding hydrogens is 336 g/mol. The molecule has 4 nitrogen and oxygen atoms in total. The lowest BCUT2D eigenvalue weighted by Gasteiger charge is -2.36. The zero-order chi connectivity index (χ0) is 19.2. The predicted octanol–water partition coefficient (Wildman–Crippen LogP) is 4.10. The Labute approximate surface area is 163 Å². The van der Waals surface area contributed by atoms with Gasteiger partial charge in [0.05, 0.1) is 0 Å². The van der Waals surface area contributed by atoms with E-state index in [1.165, 1.54) is 5.56 Å². The number of carbonyl (C=O) groups excluding carboxylic acids is 2. The Hall–Kier alpha value is -1.84. The van der Waals surface area contributed by atoms with Crippen LogP contribution < -0.4 is 0 Å². The van der Waals surface area contributed by atoms with Crippen LogP contribution in [0.3, 0.4) is 0 Å². The van der Waals surface area contributed by atoms with E-state index in [1.807, 2.05) is 30.0 Å². The molecule has 2 aliphatic rings. The SMILES string of the molecule is CCN(Cc1ccccc1)C(=O)C1CCC(C(=O)N2CCC(C)CC2)CC1. The number of hydrogen-bond acceptors (Lipinski definition) is 2. The van der Waals surface area contributed by atoms with Crippen LogP contribution in [-0.4, -0.2) is 41.2 Å². The molecule has 1 aromatic rings. The molecule has 0 unspecified atom stereocenters. The molecule has 0 atom stereocenters. The van der Waals surface area contributed by atoms with Crippen molar-refractivity contribution in [1.82, 2.24) is 9.80 Å². The van der Waals surface area contributed by atoms with Gasteiger partial charge in [-0.25, -0.2) is 0 Å². The van der Waals surface area contributed by atoms with E-state index in [-0.39, 0.29) is 17.7 Å². The summed E-state index contributed by atoms with van der Waals surface area (Å²) in [6.45, 7) is 7.57. The van der Waals surface area contributed by atoms with Gasteiger partial charge in [-0.15, -0.1) is 0 Å². The molecule has 1 aliphatic heterocycles. The van der Waals surface area contributed by atoms with Crippen LogP contribution in [-0.2, 0) is 16.1 Å². The van der Waals surface area contributed by atoms with Crippen molar-refractivity contribution in [1.29, 1.82) is 0 Å². The van der Waals surface area contributed by atoms with Crippen LogP contribution in [0, 0.1) is 17.8 Å². The molecule has 3 rings (SSSR count). The van der Waals surface area contributed by atoms with Crippen molar-refractivity contribution >= 4 is 11.8 Å². The van der Waals surface area contributed by atoms with Crippen LogP contribution in [0.5, 0.6) is 0 Å². The van der Waals surface area contributed by atoms with Gasteiger partial charge >= 0.3 is 0 Å². The maximum atomic E-state index is 13.0. The topological polar surface area (TPSA) is 40.6 Å². The zero-order valence-electron chi connectivity index (χ0n) is 16.9. The molecule has 148 valence electrons. The monoisotopic (exact) mass is 370 g/mol. The third kappa shape index (κ3) is 5.12. The van der Waals surface area contributed by atoms with Crippen molar-refractivity contribution in [2.75, 3.05) is 19.6 Å². The van der Waals surface area contributed by atoms with E-state index < -0.39 is 0 Å². The van der Waals surface area contributed by atoms with Gasteiger partial charge in [-0.3, -0.25) is 9.59 Å². The molecular formula is C23H34N2O2. The highest BCUT2D eigenvalue weighted by molar-refractivity contribution is 5.81. The molecule has 1 saturated carbocycles. The fourth-order valence-electron chi connectivity index (χ4n) is 4.48. The molecule has 2 amide bonds. The first kappa shape index (κ1) is 19.9. The maximum absolute atomic E-state index is 13.0. The summed E-state index contributed by atoms with van der Waals surface area (Å²) >= 11 is 0. The lowest BCUT2D eigenvalue weighted by atomic mass is 9.80. The minimum atomic E-state index is 0.0825. The second kappa shape index (κ2) is 9.38. The van der Waals surface area contributed by atoms with Crippen LogP contribution in [0.1, 0.15) is 57.9 Å². The summed E-state index contributed by atoms with van der Waals surface area (Å²) in [5.74, 6) is 1.56. The largest absolute Gasteiger partial charge is 0.342 e. The molecule has 1 aliphatic carbocycles. The van der Waals surface area contributed by atoms with Crippen molar-refractivity contribution < 1.29 is 9.59 Å². The summed E-state index contributed by atoms with van der Waals surface area (Å²) < 4.78 is 0. The fraction of sp³-hybridized carbons (Fsp3) is 0.652. The quantitative estimate of drug-likeness (QED) is 0.783. The van der Waals surface area contributed by atoms with Gasteiger partial charge < -0.3 is 9.80 Å². The van der Waals surface area contributed by atoms with Crippen molar-refractivity contribution in [3.63, 3.8) is 0 Å². The van der Waals surface area contributed by atoms with Gasteiger partial charge in [-0.1, -0.05) is 37.3 Å². The zero-order valence-corrected chi connectivity index (χ0v) is 16.9. The van der Waals surface area contributed by atoms with E-state index in [0.717, 1.165) is 64.1 Å². The molecule has 0 aromatic heterocycles. The van der Waals surface area contributed by atoms with Crippen LogP contribution in [0.2, 0.25) is 0 Å². The second-order valence-corrected chi connectivity index (χ2v) is 8.39. The van der Waals surface area contributed by atoms with Gasteiger partial charge in [0.25, 0.3) is 0 Å². The molecule has 0 bridgehead atoms. The van der Waals surface area contributed by atoms with E-state index in [9.17, 15) is 9.59 Å². The van der Waals surface area contributed by atoms with Crippen molar-refractivity contribution in [3.8, 4) is 0 Å². The average Bonchev–Trinajstić information content (AvgIpc) is 2.72. The summed E-state index contributed by atoms with van der Waals surface area (Å²) in [6, 6.07) is 10.2. The Morgan fingerprint density at radius 1 is 0.963 bits per heavy atom. The lowest BCUT2D eigenvalue weighted by molar-refractivity contribution is -0.142. The summed E-state index contributed by atoms with van der Waals surface area (Å²) in [4.78, 5) is 29.8. The molecule has 27 heavy (non-hydrogen) atoms. The predicted molar refractivity (Wildman–Crippen MR) is 108 cm³/mol. The smallest absolute Gasteiger partial charge is 0.225 e. The van der Waals surface area contributed by atoms with Gasteiger partial charge in [0.2, 0.25) is 11.8 Å². The van der Waals surface area contributed by atoms with Gasteiger partial charge in [0.1, 0.15) is 0 Å². The standard InChI is InChI=1S/C23H34N2O2/c1-3-24(17-19-7-5-4-6-8-19)22(26)20-9-11-21(12-10-20)23(27)25-15-13-18(2)14-16-25/h4-8,18,20-21H,3,9-17H2,1-2H3. The molecule has 4 heteroatoms. The van der Waals surface area contributed by atoms with Crippen LogP contribution >= 0.6 is 0 Å². The Morgan fingerprint density at radius 3 is 2.15 bits per heavy atom. The first-order valence-electron chi connectivity index (χ1n) is 10.7. The first-order chi connectivity index (χ1) is 13.1. The molecule has 1 aromatic carbocycles. The molecule has 0 spiro atoms. The Bertz CT molecular complexity index is 615. The number of amides is 2. The highest BCUT2D eigenvalue weighted by Gasteiger charge is 2.34. The van der Waals surface area contributed by atoms with E-state index in [4.69, 9.17) is 0 Å². The number of carbonyl (C=O) groups is 2. The van der Waals surface area contributed by atoms with E-state index >= 15 is 0 Å². The average molecular weight is 371 g/mol. The minimum absolute atomic E-state index is 0.0825. The summed E-state index contributed by atoms with van der Waals surface area (Å²) in [6.07, 6.45) is 5.69. The Kier molecular flexibility index (Phi) is 6.92. The minimum Gasteiger partial charge on any atom is -0.342 e. The Morgan fingerprint density at radius 2 is 1.56 bits per heavy atom. The van der Waals surface area contributed by atoms with Crippen molar-refractivity contribution in [3.05, 3.63) is 35.9 Å². The molecule has 2 fully saturated rings. The third-order valence-electron chi connectivity index (χ3n) is 6.43. The van der Waals surface area contributed by atoms with E-state index in [2.05, 4.69) is 24.0 Å². The normalized spacial score (nSPS) is 23.9. The van der Waals surface area contributed by atoms with Gasteiger partial charge in [0.15, 0.2) is 0 Å². The van der Waals surface area contributed by atoms with Crippen molar-refractivity contribution in [2.45, 2.75) is 58.9 Å². The van der Waals surface area contributed by atoms with Gasteiger partial charge in [-0.2, -0.15) is 0 Å². The summed E-state index contributed by atoms with van der Waals surface area (Å²) in [5.41, 5.74) is 1.18. The number of nitrogens with zero attached hydrogens (tertiary/aromatic N) is 2. The number of piperidine rings is 1. The van der Waals surface area contributed by atoms with Gasteiger partial charge in [0, 0.05) is 38.0 Å². The van der Waals surface area contributed by atoms with Crippen LogP contribution in [0.4, 0.5) is 0 Å². The fourth-order valence-corrected chi connectivity index (χ4v) is 4.48. The highest BCUT2D eigenvalue weighted by Crippen LogP contribution is 2.32. The van der Waals surface area contributed by atoms with Crippen molar-refractivity contribution in [2.24, 2.45) is 17.8 Å². The Balaban J connectivity index is 1.50. The molecule has 0 radical (unpaired) electrons.